The smallest absolute Gasteiger partial charge is 0.161 e. The van der Waals surface area contributed by atoms with Gasteiger partial charge in [-0.2, -0.15) is 0 Å². The van der Waals surface area contributed by atoms with E-state index >= 15 is 0 Å². The first-order valence-corrected chi connectivity index (χ1v) is 12.8. The Morgan fingerprint density at radius 3 is 2.41 bits per heavy atom. The molecule has 1 unspecified atom stereocenters. The van der Waals surface area contributed by atoms with Gasteiger partial charge in [0.1, 0.15) is 12.1 Å². The lowest BCUT2D eigenvalue weighted by atomic mass is 10.2. The van der Waals surface area contributed by atoms with E-state index in [1.807, 2.05) is 24.3 Å². The molecule has 5 rings (SSSR count). The third kappa shape index (κ3) is 8.94. The largest absolute Gasteiger partial charge is 0.504 e. The zero-order valence-electron chi connectivity index (χ0n) is 20.8. The van der Waals surface area contributed by atoms with Gasteiger partial charge in [0, 0.05) is 35.1 Å². The summed E-state index contributed by atoms with van der Waals surface area (Å²) in [5.41, 5.74) is 2.61. The molecule has 0 saturated carbocycles. The number of nitrogens with one attached hydrogen (secondary N) is 2. The quantitative estimate of drug-likeness (QED) is 0.208. The van der Waals surface area contributed by atoms with Gasteiger partial charge in [0.15, 0.2) is 11.5 Å². The highest BCUT2D eigenvalue weighted by Gasteiger charge is 2.10. The normalized spacial score (nSPS) is 14.6. The second-order valence-corrected chi connectivity index (χ2v) is 9.57. The molecule has 1 aliphatic rings. The van der Waals surface area contributed by atoms with Gasteiger partial charge in [0.2, 0.25) is 0 Å². The van der Waals surface area contributed by atoms with Crippen LogP contribution in [0.4, 0.5) is 11.5 Å². The molecule has 37 heavy (non-hydrogen) atoms. The van der Waals surface area contributed by atoms with Crippen LogP contribution >= 0.6 is 35.8 Å². The van der Waals surface area contributed by atoms with E-state index in [1.54, 1.807) is 24.3 Å². The first kappa shape index (κ1) is 28.8. The highest BCUT2D eigenvalue weighted by atomic mass is 35.5. The summed E-state index contributed by atoms with van der Waals surface area (Å²) in [6.45, 7) is 7.05. The Morgan fingerprint density at radius 1 is 1.08 bits per heavy atom. The summed E-state index contributed by atoms with van der Waals surface area (Å²) in [6.07, 6.45) is 1.84. The number of morpholine rings is 1. The number of methoxy groups -OCH3 is 1. The first-order valence-electron chi connectivity index (χ1n) is 11.6. The molecule has 10 heteroatoms. The number of anilines is 2. The van der Waals surface area contributed by atoms with Gasteiger partial charge in [0.05, 0.1) is 35.4 Å². The van der Waals surface area contributed by atoms with Crippen molar-refractivity contribution in [3.8, 4) is 11.5 Å². The lowest BCUT2D eigenvalue weighted by Gasteiger charge is -2.18. The van der Waals surface area contributed by atoms with Crippen molar-refractivity contribution in [1.82, 2.24) is 15.3 Å². The van der Waals surface area contributed by atoms with Crippen molar-refractivity contribution >= 4 is 58.2 Å². The summed E-state index contributed by atoms with van der Waals surface area (Å²) >= 11 is 16.0. The van der Waals surface area contributed by atoms with Crippen molar-refractivity contribution < 1.29 is 14.6 Å². The predicted octanol–water partition coefficient (Wildman–Crippen LogP) is 6.67. The average molecular weight is 562 g/mol. The number of fused-ring (bicyclic) bond motifs is 1. The van der Waals surface area contributed by atoms with Gasteiger partial charge in [-0.15, -0.1) is 12.6 Å². The predicted molar refractivity (Wildman–Crippen MR) is 154 cm³/mol. The lowest BCUT2D eigenvalue weighted by Crippen LogP contribution is -2.36. The SMILES string of the molecule is CC1CNCCO1.COc1cc2c(Nc3ccc(Cl)c(Cl)c3)ncnc2cc1O.Cc1ccc(S)cc1. The maximum Gasteiger partial charge on any atom is 0.161 e. The monoisotopic (exact) mass is 560 g/mol. The van der Waals surface area contributed by atoms with Crippen molar-refractivity contribution in [2.45, 2.75) is 24.8 Å². The number of aromatic nitrogens is 2. The van der Waals surface area contributed by atoms with Crippen LogP contribution in [0.3, 0.4) is 0 Å². The molecule has 1 fully saturated rings. The number of aryl methyl sites for hydroxylation is 1. The number of ether oxygens (including phenoxy) is 2. The van der Waals surface area contributed by atoms with Crippen LogP contribution in [0.25, 0.3) is 10.9 Å². The van der Waals surface area contributed by atoms with Crippen LogP contribution in [0.15, 0.2) is 65.8 Å². The summed E-state index contributed by atoms with van der Waals surface area (Å²) in [7, 11) is 1.48. The molecule has 0 radical (unpaired) electrons. The van der Waals surface area contributed by atoms with Crippen molar-refractivity contribution in [1.29, 1.82) is 0 Å². The Balaban J connectivity index is 0.000000206. The maximum absolute atomic E-state index is 9.82. The Labute approximate surface area is 232 Å². The molecule has 3 aromatic carbocycles. The van der Waals surface area contributed by atoms with Crippen LogP contribution in [-0.2, 0) is 4.74 Å². The fraction of sp³-hybridized carbons (Fsp3) is 0.259. The minimum absolute atomic E-state index is 0.0224. The minimum atomic E-state index is 0.0224. The minimum Gasteiger partial charge on any atom is -0.504 e. The van der Waals surface area contributed by atoms with Crippen molar-refractivity contribution in [3.63, 3.8) is 0 Å². The van der Waals surface area contributed by atoms with E-state index in [0.717, 1.165) is 30.3 Å². The number of rotatable bonds is 3. The molecule has 1 saturated heterocycles. The Morgan fingerprint density at radius 2 is 1.84 bits per heavy atom. The summed E-state index contributed by atoms with van der Waals surface area (Å²) in [5, 5.41) is 17.8. The molecule has 2 heterocycles. The zero-order valence-corrected chi connectivity index (χ0v) is 23.2. The van der Waals surface area contributed by atoms with E-state index in [0.29, 0.717) is 38.6 Å². The molecule has 0 amide bonds. The molecule has 1 aromatic heterocycles. The van der Waals surface area contributed by atoms with Crippen LogP contribution < -0.4 is 15.4 Å². The van der Waals surface area contributed by atoms with Crippen LogP contribution in [0.2, 0.25) is 10.0 Å². The maximum atomic E-state index is 9.82. The second kappa shape index (κ2) is 14.3. The third-order valence-electron chi connectivity index (χ3n) is 5.27. The standard InChI is InChI=1S/C15H11Cl2N3O2.C7H8S.C5H11NO/c1-22-14-5-9-12(6-13(14)21)18-7-19-15(9)20-8-2-3-10(16)11(17)4-8;1-6-2-4-7(8)5-3-6;1-5-4-6-2-3-7-5/h2-7,21H,1H3,(H,18,19,20);2-5,8H,1H3;5-6H,2-4H2,1H3. The van der Waals surface area contributed by atoms with Crippen molar-refractivity contribution in [2.75, 3.05) is 32.1 Å². The topological polar surface area (TPSA) is 88.5 Å². The van der Waals surface area contributed by atoms with Crippen molar-refractivity contribution in [2.24, 2.45) is 0 Å². The molecule has 1 aliphatic heterocycles. The zero-order chi connectivity index (χ0) is 26.8. The Kier molecular flexibility index (Phi) is 11.1. The Hall–Kier alpha value is -2.75. The molecule has 0 bridgehead atoms. The summed E-state index contributed by atoms with van der Waals surface area (Å²) in [5.74, 6) is 0.940. The van der Waals surface area contributed by atoms with Crippen molar-refractivity contribution in [3.05, 3.63) is 76.5 Å². The van der Waals surface area contributed by atoms with Gasteiger partial charge in [-0.3, -0.25) is 0 Å². The van der Waals surface area contributed by atoms with Gasteiger partial charge in [-0.1, -0.05) is 40.9 Å². The van der Waals surface area contributed by atoms with E-state index in [1.165, 1.54) is 25.1 Å². The molecule has 196 valence electrons. The van der Waals surface area contributed by atoms with Crippen LogP contribution in [0.1, 0.15) is 12.5 Å². The number of phenols is 1. The molecule has 3 N–H and O–H groups in total. The fourth-order valence-corrected chi connectivity index (χ4v) is 3.73. The van der Waals surface area contributed by atoms with Gasteiger partial charge >= 0.3 is 0 Å². The van der Waals surface area contributed by atoms with E-state index in [4.69, 9.17) is 32.7 Å². The van der Waals surface area contributed by atoms with Crippen LogP contribution in [-0.4, -0.2) is 48.0 Å². The van der Waals surface area contributed by atoms with E-state index in [-0.39, 0.29) is 5.75 Å². The van der Waals surface area contributed by atoms with E-state index in [9.17, 15) is 5.11 Å². The summed E-state index contributed by atoms with van der Waals surface area (Å²) < 4.78 is 10.3. The summed E-state index contributed by atoms with van der Waals surface area (Å²) in [6, 6.07) is 16.4. The number of hydrogen-bond donors (Lipinski definition) is 4. The molecule has 1 atom stereocenters. The molecule has 7 nitrogen and oxygen atoms in total. The number of aromatic hydroxyl groups is 1. The van der Waals surface area contributed by atoms with Crippen LogP contribution in [0, 0.1) is 6.92 Å². The highest BCUT2D eigenvalue weighted by molar-refractivity contribution is 7.80. The van der Waals surface area contributed by atoms with Crippen LogP contribution in [0.5, 0.6) is 11.5 Å². The summed E-state index contributed by atoms with van der Waals surface area (Å²) in [4.78, 5) is 9.39. The molecule has 0 aliphatic carbocycles. The molecular formula is C27H30Cl2N4O3S. The average Bonchev–Trinajstić information content (AvgIpc) is 2.89. The second-order valence-electron chi connectivity index (χ2n) is 8.24. The van der Waals surface area contributed by atoms with E-state index < -0.39 is 0 Å². The highest BCUT2D eigenvalue weighted by Crippen LogP contribution is 2.34. The number of benzene rings is 3. The van der Waals surface area contributed by atoms with Gasteiger partial charge in [-0.25, -0.2) is 9.97 Å². The number of nitrogens with zero attached hydrogens (tertiary/aromatic N) is 2. The molecule has 4 aromatic rings. The van der Waals surface area contributed by atoms with Gasteiger partial charge in [-0.05, 0) is 50.2 Å². The Bertz CT molecular complexity index is 1280. The number of halogens is 2. The fourth-order valence-electron chi connectivity index (χ4n) is 3.29. The number of phenolic OH excluding ortho intramolecular Hbond substituents is 1. The number of hydrogen-bond acceptors (Lipinski definition) is 8. The van der Waals surface area contributed by atoms with Gasteiger partial charge in [0.25, 0.3) is 0 Å². The molecular weight excluding hydrogens is 531 g/mol. The van der Waals surface area contributed by atoms with E-state index in [2.05, 4.69) is 47.1 Å². The first-order chi connectivity index (χ1) is 17.8. The van der Waals surface area contributed by atoms with Gasteiger partial charge < -0.3 is 25.2 Å². The molecule has 0 spiro atoms. The number of thiol groups is 1. The third-order valence-corrected chi connectivity index (χ3v) is 6.30. The lowest BCUT2D eigenvalue weighted by molar-refractivity contribution is 0.0410.